The Morgan fingerprint density at radius 3 is 2.74 bits per heavy atom. The monoisotopic (exact) mass is 362 g/mol. The zero-order valence-corrected chi connectivity index (χ0v) is 15.1. The Morgan fingerprint density at radius 1 is 1.15 bits per heavy atom. The van der Waals surface area contributed by atoms with Crippen molar-refractivity contribution in [2.75, 3.05) is 13.1 Å². The fraction of sp³-hybridized carbons (Fsp3) is 0.364. The minimum absolute atomic E-state index is 0.0738. The summed E-state index contributed by atoms with van der Waals surface area (Å²) >= 11 is 0. The van der Waals surface area contributed by atoms with Gasteiger partial charge in [0.15, 0.2) is 5.58 Å². The number of fused-ring (bicyclic) bond motifs is 3. The molecule has 3 aromatic rings. The van der Waals surface area contributed by atoms with Crippen LogP contribution < -0.4 is 0 Å². The Kier molecular flexibility index (Phi) is 3.79. The average Bonchev–Trinajstić information content (AvgIpc) is 3.22. The zero-order chi connectivity index (χ0) is 18.4. The van der Waals surface area contributed by atoms with Crippen molar-refractivity contribution in [1.82, 2.24) is 10.1 Å². The summed E-state index contributed by atoms with van der Waals surface area (Å²) < 4.78 is 5.31. The topological polar surface area (TPSA) is 66.6 Å². The SMILES string of the molecule is O=C(Cc1noc2ccccc12)N1CCC2(CC1)c1ccccc1C[C@H]2O. The van der Waals surface area contributed by atoms with Crippen LogP contribution in [-0.4, -0.2) is 40.3 Å². The summed E-state index contributed by atoms with van der Waals surface area (Å²) in [6, 6.07) is 16.0. The molecule has 1 amide bonds. The Hall–Kier alpha value is -2.66. The molecule has 0 unspecified atom stereocenters. The predicted molar refractivity (Wildman–Crippen MR) is 101 cm³/mol. The Bertz CT molecular complexity index is 1000. The third-order valence-corrected chi connectivity index (χ3v) is 6.38. The molecule has 1 atom stereocenters. The number of piperidine rings is 1. The number of aliphatic hydroxyl groups excluding tert-OH is 1. The number of likely N-dealkylation sites (tertiary alicyclic amines) is 1. The van der Waals surface area contributed by atoms with Gasteiger partial charge in [0.2, 0.25) is 5.91 Å². The number of hydrogen-bond acceptors (Lipinski definition) is 4. The number of benzene rings is 2. The van der Waals surface area contributed by atoms with Crippen LogP contribution in [-0.2, 0) is 23.1 Å². The molecule has 1 aliphatic carbocycles. The summed E-state index contributed by atoms with van der Waals surface area (Å²) in [5, 5.41) is 15.7. The van der Waals surface area contributed by atoms with Gasteiger partial charge in [-0.05, 0) is 42.5 Å². The van der Waals surface area contributed by atoms with Crippen molar-refractivity contribution in [3.05, 3.63) is 65.4 Å². The van der Waals surface area contributed by atoms with E-state index < -0.39 is 0 Å². The molecule has 1 aliphatic heterocycles. The highest BCUT2D eigenvalue weighted by molar-refractivity contribution is 5.86. The number of carbonyl (C=O) groups is 1. The third kappa shape index (κ3) is 2.57. The van der Waals surface area contributed by atoms with Gasteiger partial charge in [-0.25, -0.2) is 0 Å². The molecule has 2 aliphatic rings. The van der Waals surface area contributed by atoms with E-state index in [0.29, 0.717) is 24.4 Å². The van der Waals surface area contributed by atoms with E-state index in [-0.39, 0.29) is 23.8 Å². The van der Waals surface area contributed by atoms with E-state index in [0.717, 1.165) is 24.6 Å². The van der Waals surface area contributed by atoms with E-state index in [1.165, 1.54) is 11.1 Å². The van der Waals surface area contributed by atoms with Crippen LogP contribution in [0.3, 0.4) is 0 Å². The minimum Gasteiger partial charge on any atom is -0.392 e. The van der Waals surface area contributed by atoms with Crippen molar-refractivity contribution in [2.45, 2.75) is 37.2 Å². The van der Waals surface area contributed by atoms with E-state index in [1.807, 2.05) is 41.3 Å². The first kappa shape index (κ1) is 16.5. The van der Waals surface area contributed by atoms with Gasteiger partial charge >= 0.3 is 0 Å². The number of hydrogen-bond donors (Lipinski definition) is 1. The van der Waals surface area contributed by atoms with Crippen LogP contribution in [0.25, 0.3) is 11.0 Å². The van der Waals surface area contributed by atoms with Gasteiger partial charge in [-0.3, -0.25) is 4.79 Å². The number of aromatic nitrogens is 1. The molecule has 5 nitrogen and oxygen atoms in total. The Balaban J connectivity index is 1.31. The molecule has 5 heteroatoms. The Morgan fingerprint density at radius 2 is 1.89 bits per heavy atom. The van der Waals surface area contributed by atoms with Gasteiger partial charge in [0.05, 0.1) is 12.5 Å². The van der Waals surface area contributed by atoms with Gasteiger partial charge in [-0.2, -0.15) is 0 Å². The molecule has 2 aromatic carbocycles. The largest absolute Gasteiger partial charge is 0.392 e. The van der Waals surface area contributed by atoms with Crippen molar-refractivity contribution in [2.24, 2.45) is 0 Å². The summed E-state index contributed by atoms with van der Waals surface area (Å²) in [5.41, 5.74) is 3.73. The van der Waals surface area contributed by atoms with E-state index in [2.05, 4.69) is 17.3 Å². The maximum absolute atomic E-state index is 12.8. The fourth-order valence-electron chi connectivity index (χ4n) is 4.85. The van der Waals surface area contributed by atoms with E-state index in [4.69, 9.17) is 4.52 Å². The van der Waals surface area contributed by atoms with Gasteiger partial charge in [0, 0.05) is 23.9 Å². The van der Waals surface area contributed by atoms with Crippen LogP contribution in [0.1, 0.15) is 29.7 Å². The molecule has 0 bridgehead atoms. The molecular weight excluding hydrogens is 340 g/mol. The van der Waals surface area contributed by atoms with Crippen LogP contribution in [0.4, 0.5) is 0 Å². The van der Waals surface area contributed by atoms with Crippen molar-refractivity contribution in [1.29, 1.82) is 0 Å². The normalized spacial score (nSPS) is 20.9. The second-order valence-electron chi connectivity index (χ2n) is 7.72. The first-order chi connectivity index (χ1) is 13.2. The molecule has 138 valence electrons. The van der Waals surface area contributed by atoms with Crippen molar-refractivity contribution in [3.8, 4) is 0 Å². The maximum atomic E-state index is 12.8. The smallest absolute Gasteiger partial charge is 0.228 e. The standard InChI is InChI=1S/C22H22N2O3/c25-20-13-15-5-1-3-7-17(15)22(20)9-11-24(12-10-22)21(26)14-18-16-6-2-4-8-19(16)27-23-18/h1-8,20,25H,9-14H2/t20-/m1/s1. The van der Waals surface area contributed by atoms with Crippen molar-refractivity contribution in [3.63, 3.8) is 0 Å². The van der Waals surface area contributed by atoms with Crippen LogP contribution in [0.2, 0.25) is 0 Å². The molecule has 1 aromatic heterocycles. The molecule has 1 fully saturated rings. The third-order valence-electron chi connectivity index (χ3n) is 6.38. The molecule has 1 saturated heterocycles. The molecular formula is C22H22N2O3. The molecule has 5 rings (SSSR count). The van der Waals surface area contributed by atoms with E-state index in [1.54, 1.807) is 0 Å². The highest BCUT2D eigenvalue weighted by Gasteiger charge is 2.48. The number of aliphatic hydroxyl groups is 1. The van der Waals surface area contributed by atoms with Gasteiger partial charge < -0.3 is 14.5 Å². The molecule has 0 radical (unpaired) electrons. The predicted octanol–water partition coefficient (Wildman–Crippen LogP) is 2.85. The number of nitrogens with zero attached hydrogens (tertiary/aromatic N) is 2. The second-order valence-corrected chi connectivity index (χ2v) is 7.72. The summed E-state index contributed by atoms with van der Waals surface area (Å²) in [7, 11) is 0. The number of carbonyl (C=O) groups excluding carboxylic acids is 1. The van der Waals surface area contributed by atoms with Crippen molar-refractivity contribution < 1.29 is 14.4 Å². The van der Waals surface area contributed by atoms with E-state index in [9.17, 15) is 9.90 Å². The minimum atomic E-state index is -0.355. The Labute approximate surface area is 157 Å². The average molecular weight is 362 g/mol. The summed E-state index contributed by atoms with van der Waals surface area (Å²) in [5.74, 6) is 0.0738. The summed E-state index contributed by atoms with van der Waals surface area (Å²) in [6.45, 7) is 1.33. The zero-order valence-electron chi connectivity index (χ0n) is 15.1. The van der Waals surface area contributed by atoms with Crippen molar-refractivity contribution >= 4 is 16.9 Å². The number of para-hydroxylation sites is 1. The van der Waals surface area contributed by atoms with Crippen LogP contribution >= 0.6 is 0 Å². The molecule has 27 heavy (non-hydrogen) atoms. The fourth-order valence-corrected chi connectivity index (χ4v) is 4.85. The van der Waals surface area contributed by atoms with E-state index >= 15 is 0 Å². The van der Waals surface area contributed by atoms with Crippen LogP contribution in [0.5, 0.6) is 0 Å². The highest BCUT2D eigenvalue weighted by atomic mass is 16.5. The van der Waals surface area contributed by atoms with Gasteiger partial charge in [0.25, 0.3) is 0 Å². The number of amides is 1. The second kappa shape index (κ2) is 6.20. The lowest BCUT2D eigenvalue weighted by atomic mass is 9.72. The molecule has 1 spiro atoms. The van der Waals surface area contributed by atoms with Crippen LogP contribution in [0.15, 0.2) is 53.1 Å². The molecule has 0 saturated carbocycles. The first-order valence-corrected chi connectivity index (χ1v) is 9.55. The lowest BCUT2D eigenvalue weighted by molar-refractivity contribution is -0.132. The first-order valence-electron chi connectivity index (χ1n) is 9.55. The van der Waals surface area contributed by atoms with Crippen LogP contribution in [0, 0.1) is 0 Å². The molecule has 1 N–H and O–H groups in total. The highest BCUT2D eigenvalue weighted by Crippen LogP contribution is 2.46. The van der Waals surface area contributed by atoms with Gasteiger partial charge in [-0.1, -0.05) is 41.6 Å². The lowest BCUT2D eigenvalue weighted by Gasteiger charge is -2.42. The summed E-state index contributed by atoms with van der Waals surface area (Å²) in [6.07, 6.45) is 2.22. The lowest BCUT2D eigenvalue weighted by Crippen LogP contribution is -2.49. The number of rotatable bonds is 2. The maximum Gasteiger partial charge on any atom is 0.228 e. The molecule has 2 heterocycles. The van der Waals surface area contributed by atoms with Gasteiger partial charge in [-0.15, -0.1) is 0 Å². The van der Waals surface area contributed by atoms with Gasteiger partial charge in [0.1, 0.15) is 5.69 Å². The summed E-state index contributed by atoms with van der Waals surface area (Å²) in [4.78, 5) is 14.7. The quantitative estimate of drug-likeness (QED) is 0.761.